The lowest BCUT2D eigenvalue weighted by atomic mass is 10.6. The maximum absolute atomic E-state index is 6.86. The highest BCUT2D eigenvalue weighted by Crippen LogP contribution is 1.77. The Kier molecular flexibility index (Phi) is 1.44. The third kappa shape index (κ3) is 1.52. The third-order valence-corrected chi connectivity index (χ3v) is 0.804. The molecule has 0 aromatic carbocycles. The van der Waals surface area contributed by atoms with Crippen LogP contribution in [0.5, 0.6) is 0 Å². The average Bonchev–Trinajstić information content (AvgIpc) is 2.15. The predicted molar refractivity (Wildman–Crippen MR) is 31.9 cm³/mol. The monoisotopic (exact) mass is 125 g/mol. The Balaban J connectivity index is 2.58. The molecule has 0 aliphatic heterocycles. The van der Waals surface area contributed by atoms with Crippen molar-refractivity contribution in [3.8, 4) is 0 Å². The summed E-state index contributed by atoms with van der Waals surface area (Å²) in [6.07, 6.45) is 3.20. The SMILES string of the molecule is N=C(N)Cn1ccnn1. The van der Waals surface area contributed by atoms with Crippen LogP contribution in [0.25, 0.3) is 0 Å². The van der Waals surface area contributed by atoms with Gasteiger partial charge in [-0.05, 0) is 0 Å². The lowest BCUT2D eigenvalue weighted by molar-refractivity contribution is 0.675. The Morgan fingerprint density at radius 2 is 2.56 bits per heavy atom. The second kappa shape index (κ2) is 2.25. The Hall–Kier alpha value is -1.39. The van der Waals surface area contributed by atoms with Gasteiger partial charge in [-0.25, -0.2) is 4.68 Å². The molecule has 0 atom stereocenters. The van der Waals surface area contributed by atoms with E-state index in [1.807, 2.05) is 0 Å². The van der Waals surface area contributed by atoms with E-state index in [0.717, 1.165) is 0 Å². The molecule has 1 aromatic rings. The molecular weight excluding hydrogens is 118 g/mol. The Morgan fingerprint density at radius 1 is 1.78 bits per heavy atom. The van der Waals surface area contributed by atoms with Gasteiger partial charge >= 0.3 is 0 Å². The first-order valence-electron chi connectivity index (χ1n) is 2.46. The Labute approximate surface area is 52.0 Å². The second-order valence-corrected chi connectivity index (χ2v) is 1.63. The van der Waals surface area contributed by atoms with E-state index >= 15 is 0 Å². The van der Waals surface area contributed by atoms with Crippen molar-refractivity contribution in [2.24, 2.45) is 5.73 Å². The number of nitrogens with two attached hydrogens (primary N) is 1. The van der Waals surface area contributed by atoms with Crippen LogP contribution in [0.2, 0.25) is 0 Å². The van der Waals surface area contributed by atoms with Gasteiger partial charge in [0.15, 0.2) is 0 Å². The van der Waals surface area contributed by atoms with Crippen LogP contribution < -0.4 is 5.73 Å². The van der Waals surface area contributed by atoms with Gasteiger partial charge < -0.3 is 5.73 Å². The van der Waals surface area contributed by atoms with Crippen LogP contribution in [0.3, 0.4) is 0 Å². The van der Waals surface area contributed by atoms with Crippen molar-refractivity contribution < 1.29 is 0 Å². The highest BCUT2D eigenvalue weighted by Gasteiger charge is 1.90. The quantitative estimate of drug-likeness (QED) is 0.401. The summed E-state index contributed by atoms with van der Waals surface area (Å²) < 4.78 is 1.49. The van der Waals surface area contributed by atoms with Crippen LogP contribution in [0.1, 0.15) is 0 Å². The van der Waals surface area contributed by atoms with E-state index in [9.17, 15) is 0 Å². The van der Waals surface area contributed by atoms with Crippen molar-refractivity contribution in [2.45, 2.75) is 6.54 Å². The highest BCUT2D eigenvalue weighted by molar-refractivity contribution is 5.76. The van der Waals surface area contributed by atoms with Crippen molar-refractivity contribution in [3.63, 3.8) is 0 Å². The largest absolute Gasteiger partial charge is 0.386 e. The van der Waals surface area contributed by atoms with Crippen LogP contribution in [0.4, 0.5) is 0 Å². The van der Waals surface area contributed by atoms with E-state index in [-0.39, 0.29) is 5.84 Å². The topological polar surface area (TPSA) is 80.6 Å². The molecule has 48 valence electrons. The van der Waals surface area contributed by atoms with Gasteiger partial charge in [0.1, 0.15) is 5.84 Å². The first-order chi connectivity index (χ1) is 4.29. The Morgan fingerprint density at radius 3 is 3.00 bits per heavy atom. The van der Waals surface area contributed by atoms with E-state index in [1.165, 1.54) is 4.68 Å². The molecule has 1 heterocycles. The molecule has 1 aromatic heterocycles. The molecule has 5 nitrogen and oxygen atoms in total. The fourth-order valence-electron chi connectivity index (χ4n) is 0.492. The summed E-state index contributed by atoms with van der Waals surface area (Å²) in [6.45, 7) is 0.319. The minimum Gasteiger partial charge on any atom is -0.386 e. The number of nitrogens with one attached hydrogen (secondary N) is 1. The van der Waals surface area contributed by atoms with Crippen molar-refractivity contribution in [3.05, 3.63) is 12.4 Å². The molecule has 0 saturated heterocycles. The molecule has 5 heteroatoms. The fraction of sp³-hybridized carbons (Fsp3) is 0.250. The molecule has 0 saturated carbocycles. The van der Waals surface area contributed by atoms with Crippen molar-refractivity contribution in [1.82, 2.24) is 15.0 Å². The second-order valence-electron chi connectivity index (χ2n) is 1.63. The molecule has 0 bridgehead atoms. The molecule has 0 amide bonds. The van der Waals surface area contributed by atoms with E-state index in [4.69, 9.17) is 11.1 Å². The summed E-state index contributed by atoms with van der Waals surface area (Å²) in [6, 6.07) is 0. The zero-order valence-corrected chi connectivity index (χ0v) is 4.78. The molecule has 0 unspecified atom stereocenters. The lowest BCUT2D eigenvalue weighted by Crippen LogP contribution is -2.18. The molecule has 0 aliphatic carbocycles. The summed E-state index contributed by atoms with van der Waals surface area (Å²) in [5, 5.41) is 14.0. The van der Waals surface area contributed by atoms with Crippen LogP contribution >= 0.6 is 0 Å². The Bertz CT molecular complexity index is 189. The van der Waals surface area contributed by atoms with Gasteiger partial charge in [0.25, 0.3) is 0 Å². The number of hydrogen-bond donors (Lipinski definition) is 2. The highest BCUT2D eigenvalue weighted by atomic mass is 15.4. The lowest BCUT2D eigenvalue weighted by Gasteiger charge is -1.93. The first-order valence-corrected chi connectivity index (χ1v) is 2.46. The van der Waals surface area contributed by atoms with E-state index < -0.39 is 0 Å². The molecule has 0 fully saturated rings. The minimum absolute atomic E-state index is 0.0838. The first kappa shape index (κ1) is 5.74. The minimum atomic E-state index is 0.0838. The van der Waals surface area contributed by atoms with E-state index in [0.29, 0.717) is 6.54 Å². The van der Waals surface area contributed by atoms with Gasteiger partial charge in [-0.1, -0.05) is 5.21 Å². The van der Waals surface area contributed by atoms with Gasteiger partial charge in [-0.2, -0.15) is 0 Å². The smallest absolute Gasteiger partial charge is 0.113 e. The van der Waals surface area contributed by atoms with E-state index in [1.54, 1.807) is 12.4 Å². The average molecular weight is 125 g/mol. The maximum Gasteiger partial charge on any atom is 0.113 e. The van der Waals surface area contributed by atoms with Gasteiger partial charge in [-0.15, -0.1) is 5.10 Å². The normalized spacial score (nSPS) is 9.33. The summed E-state index contributed by atoms with van der Waals surface area (Å²) in [7, 11) is 0. The van der Waals surface area contributed by atoms with Gasteiger partial charge in [0, 0.05) is 6.20 Å². The van der Waals surface area contributed by atoms with Crippen molar-refractivity contribution in [1.29, 1.82) is 5.41 Å². The molecule has 9 heavy (non-hydrogen) atoms. The number of amidine groups is 1. The molecule has 0 spiro atoms. The summed E-state index contributed by atoms with van der Waals surface area (Å²) in [4.78, 5) is 0. The third-order valence-electron chi connectivity index (χ3n) is 0.804. The summed E-state index contributed by atoms with van der Waals surface area (Å²) in [5.41, 5.74) is 5.08. The summed E-state index contributed by atoms with van der Waals surface area (Å²) >= 11 is 0. The molecule has 0 radical (unpaired) electrons. The number of nitrogens with zero attached hydrogens (tertiary/aromatic N) is 3. The molecule has 1 rings (SSSR count). The zero-order valence-electron chi connectivity index (χ0n) is 4.78. The number of hydrogen-bond acceptors (Lipinski definition) is 3. The van der Waals surface area contributed by atoms with Crippen molar-refractivity contribution >= 4 is 5.84 Å². The fourth-order valence-corrected chi connectivity index (χ4v) is 0.492. The van der Waals surface area contributed by atoms with Crippen LogP contribution in [-0.2, 0) is 6.54 Å². The van der Waals surface area contributed by atoms with Gasteiger partial charge in [-0.3, -0.25) is 5.41 Å². The van der Waals surface area contributed by atoms with Crippen LogP contribution in [0, 0.1) is 5.41 Å². The zero-order chi connectivity index (χ0) is 6.69. The van der Waals surface area contributed by atoms with Crippen LogP contribution in [-0.4, -0.2) is 20.8 Å². The predicted octanol–water partition coefficient (Wildman–Crippen LogP) is -0.786. The summed E-state index contributed by atoms with van der Waals surface area (Å²) in [5.74, 6) is 0.0838. The number of rotatable bonds is 2. The molecule has 0 aliphatic rings. The standard InChI is InChI=1S/C4H7N5/c5-4(6)3-9-2-1-7-8-9/h1-2H,3H2,(H3,5,6). The van der Waals surface area contributed by atoms with E-state index in [2.05, 4.69) is 10.3 Å². The van der Waals surface area contributed by atoms with Gasteiger partial charge in [0.05, 0.1) is 12.7 Å². The van der Waals surface area contributed by atoms with Crippen molar-refractivity contribution in [2.75, 3.05) is 0 Å². The van der Waals surface area contributed by atoms with Crippen LogP contribution in [0.15, 0.2) is 12.4 Å². The maximum atomic E-state index is 6.86. The molecular formula is C4H7N5. The van der Waals surface area contributed by atoms with Gasteiger partial charge in [0.2, 0.25) is 0 Å². The molecule has 3 N–H and O–H groups in total. The number of aromatic nitrogens is 3.